The van der Waals surface area contributed by atoms with E-state index in [0.29, 0.717) is 16.5 Å². The zero-order valence-corrected chi connectivity index (χ0v) is 13.6. The van der Waals surface area contributed by atoms with E-state index in [9.17, 15) is 9.90 Å². The van der Waals surface area contributed by atoms with Crippen LogP contribution in [0.3, 0.4) is 0 Å². The summed E-state index contributed by atoms with van der Waals surface area (Å²) in [4.78, 5) is 11.8. The van der Waals surface area contributed by atoms with Gasteiger partial charge in [0.25, 0.3) is 0 Å². The number of rotatable bonds is 5. The van der Waals surface area contributed by atoms with Gasteiger partial charge in [0.05, 0.1) is 10.7 Å². The van der Waals surface area contributed by atoms with E-state index in [0.717, 1.165) is 17.5 Å². The molecular weight excluding hydrogens is 332 g/mol. The summed E-state index contributed by atoms with van der Waals surface area (Å²) in [6.45, 7) is 2.21. The summed E-state index contributed by atoms with van der Waals surface area (Å²) in [6.07, 6.45) is 0.766. The first-order valence-electron chi connectivity index (χ1n) is 7.33. The smallest absolute Gasteiger partial charge is 0.365 e. The lowest BCUT2D eigenvalue weighted by molar-refractivity contribution is 0.304. The first-order chi connectivity index (χ1) is 11.6. The minimum atomic E-state index is -0.424. The third-order valence-corrected chi connectivity index (χ3v) is 3.91. The van der Waals surface area contributed by atoms with Crippen LogP contribution in [0.5, 0.6) is 11.5 Å². The molecule has 0 aliphatic carbocycles. The van der Waals surface area contributed by atoms with Crippen LogP contribution in [0.25, 0.3) is 5.69 Å². The third kappa shape index (κ3) is 3.11. The minimum Gasteiger partial charge on any atom is -0.508 e. The quantitative estimate of drug-likeness (QED) is 0.740. The first kappa shape index (κ1) is 16.1. The molecule has 1 heterocycles. The Bertz CT molecular complexity index is 920. The van der Waals surface area contributed by atoms with E-state index in [4.69, 9.17) is 16.3 Å². The van der Waals surface area contributed by atoms with Crippen molar-refractivity contribution in [2.24, 2.45) is 0 Å². The van der Waals surface area contributed by atoms with Gasteiger partial charge in [-0.25, -0.2) is 9.89 Å². The molecule has 0 unspecified atom stereocenters. The van der Waals surface area contributed by atoms with Gasteiger partial charge in [-0.2, -0.15) is 4.68 Å². The fourth-order valence-corrected chi connectivity index (χ4v) is 2.66. The van der Waals surface area contributed by atoms with Crippen molar-refractivity contribution in [1.29, 1.82) is 0 Å². The van der Waals surface area contributed by atoms with Gasteiger partial charge in [0.1, 0.15) is 18.1 Å². The highest BCUT2D eigenvalue weighted by atomic mass is 35.5. The fraction of sp³-hybridized carbons (Fsp3) is 0.188. The van der Waals surface area contributed by atoms with Crippen molar-refractivity contribution in [3.8, 4) is 17.2 Å². The van der Waals surface area contributed by atoms with Crippen molar-refractivity contribution in [2.45, 2.75) is 20.0 Å². The molecule has 3 aromatic rings. The van der Waals surface area contributed by atoms with Crippen molar-refractivity contribution < 1.29 is 9.84 Å². The van der Waals surface area contributed by atoms with Crippen LogP contribution in [0, 0.1) is 0 Å². The van der Waals surface area contributed by atoms with Gasteiger partial charge in [0, 0.05) is 11.6 Å². The molecule has 0 radical (unpaired) electrons. The van der Waals surface area contributed by atoms with Gasteiger partial charge in [-0.05, 0) is 40.6 Å². The van der Waals surface area contributed by atoms with Crippen LogP contribution >= 0.6 is 11.6 Å². The number of benzene rings is 2. The summed E-state index contributed by atoms with van der Waals surface area (Å²) in [5.74, 6) is 0.509. The van der Waals surface area contributed by atoms with Gasteiger partial charge < -0.3 is 9.84 Å². The molecule has 7 nitrogen and oxygen atoms in total. The van der Waals surface area contributed by atoms with Crippen molar-refractivity contribution >= 4 is 11.6 Å². The van der Waals surface area contributed by atoms with Crippen LogP contribution in [0.2, 0.25) is 5.02 Å². The maximum absolute atomic E-state index is 11.8. The van der Waals surface area contributed by atoms with E-state index in [1.165, 1.54) is 16.8 Å². The second kappa shape index (κ2) is 6.76. The molecular formula is C16H15ClN4O3. The number of hydrogen-bond acceptors (Lipinski definition) is 5. The average Bonchev–Trinajstić information content (AvgIpc) is 2.99. The average molecular weight is 347 g/mol. The molecule has 0 aliphatic heterocycles. The molecule has 8 heteroatoms. The van der Waals surface area contributed by atoms with Gasteiger partial charge >= 0.3 is 5.69 Å². The molecule has 0 atom stereocenters. The number of aromatic nitrogens is 4. The van der Waals surface area contributed by atoms with E-state index in [-0.39, 0.29) is 12.4 Å². The Hall–Kier alpha value is -2.80. The van der Waals surface area contributed by atoms with E-state index in [1.807, 2.05) is 19.1 Å². The molecule has 2 aromatic carbocycles. The summed E-state index contributed by atoms with van der Waals surface area (Å²) in [5.41, 5.74) is 2.02. The molecule has 2 N–H and O–H groups in total. The molecule has 0 saturated carbocycles. The molecule has 0 aliphatic rings. The Labute approximate surface area is 142 Å². The number of H-pyrrole nitrogens is 1. The molecule has 3 rings (SSSR count). The highest BCUT2D eigenvalue weighted by molar-refractivity contribution is 6.32. The summed E-state index contributed by atoms with van der Waals surface area (Å²) in [5, 5.41) is 19.3. The van der Waals surface area contributed by atoms with Gasteiger partial charge in [-0.3, -0.25) is 0 Å². The van der Waals surface area contributed by atoms with Crippen LogP contribution in [0.15, 0.2) is 41.2 Å². The van der Waals surface area contributed by atoms with Gasteiger partial charge in [0.2, 0.25) is 0 Å². The van der Waals surface area contributed by atoms with Crippen LogP contribution in [-0.4, -0.2) is 25.3 Å². The lowest BCUT2D eigenvalue weighted by Gasteiger charge is -2.14. The zero-order chi connectivity index (χ0) is 17.1. The highest BCUT2D eigenvalue weighted by Crippen LogP contribution is 2.29. The van der Waals surface area contributed by atoms with Crippen LogP contribution < -0.4 is 10.4 Å². The second-order valence-electron chi connectivity index (χ2n) is 5.09. The Balaban J connectivity index is 1.97. The lowest BCUT2D eigenvalue weighted by atomic mass is 10.0. The van der Waals surface area contributed by atoms with E-state index >= 15 is 0 Å². The molecule has 0 spiro atoms. The standard InChI is InChI=1S/C16H15ClN4O3/c1-2-10-4-3-5-14(21-16(23)18-19-20-21)12(10)9-24-15-7-6-11(22)8-13(15)17/h3-8,22H,2,9H2,1H3,(H,18,20,23). The number of nitrogens with one attached hydrogen (secondary N) is 1. The number of nitrogens with zero attached hydrogens (tertiary/aromatic N) is 3. The highest BCUT2D eigenvalue weighted by Gasteiger charge is 2.14. The van der Waals surface area contributed by atoms with E-state index in [2.05, 4.69) is 15.5 Å². The largest absolute Gasteiger partial charge is 0.508 e. The Morgan fingerprint density at radius 2 is 2.17 bits per heavy atom. The Morgan fingerprint density at radius 1 is 1.33 bits per heavy atom. The summed E-state index contributed by atoms with van der Waals surface area (Å²) < 4.78 is 6.97. The molecule has 0 amide bonds. The number of phenolic OH excluding ortho intramolecular Hbond substituents is 1. The molecule has 24 heavy (non-hydrogen) atoms. The molecule has 0 saturated heterocycles. The monoisotopic (exact) mass is 346 g/mol. The van der Waals surface area contributed by atoms with Crippen molar-refractivity contribution in [2.75, 3.05) is 0 Å². The predicted molar refractivity (Wildman–Crippen MR) is 88.8 cm³/mol. The minimum absolute atomic E-state index is 0.0659. The number of phenols is 1. The number of hydrogen-bond donors (Lipinski definition) is 2. The normalized spacial score (nSPS) is 10.8. The Kier molecular flexibility index (Phi) is 4.52. The number of ether oxygens (including phenoxy) is 1. The summed E-state index contributed by atoms with van der Waals surface area (Å²) >= 11 is 6.07. The van der Waals surface area contributed by atoms with Gasteiger partial charge in [-0.1, -0.05) is 30.7 Å². The Morgan fingerprint density at radius 3 is 2.83 bits per heavy atom. The van der Waals surface area contributed by atoms with Crippen molar-refractivity contribution in [3.63, 3.8) is 0 Å². The van der Waals surface area contributed by atoms with E-state index in [1.54, 1.807) is 12.1 Å². The lowest BCUT2D eigenvalue weighted by Crippen LogP contribution is -2.19. The van der Waals surface area contributed by atoms with Crippen molar-refractivity contribution in [3.05, 3.63) is 63.0 Å². The molecule has 0 fully saturated rings. The topological polar surface area (TPSA) is 93.0 Å². The van der Waals surface area contributed by atoms with E-state index < -0.39 is 5.69 Å². The summed E-state index contributed by atoms with van der Waals surface area (Å²) in [6, 6.07) is 10.1. The second-order valence-corrected chi connectivity index (χ2v) is 5.50. The summed E-state index contributed by atoms with van der Waals surface area (Å²) in [7, 11) is 0. The maximum atomic E-state index is 11.8. The number of aryl methyl sites for hydroxylation is 1. The van der Waals surface area contributed by atoms with Gasteiger partial charge in [0.15, 0.2) is 0 Å². The molecule has 1 aromatic heterocycles. The first-order valence-corrected chi connectivity index (χ1v) is 7.70. The number of tetrazole rings is 1. The molecule has 0 bridgehead atoms. The zero-order valence-electron chi connectivity index (χ0n) is 12.9. The van der Waals surface area contributed by atoms with Crippen molar-refractivity contribution in [1.82, 2.24) is 20.2 Å². The number of aromatic amines is 1. The van der Waals surface area contributed by atoms with Gasteiger partial charge in [-0.15, -0.1) is 0 Å². The number of aromatic hydroxyl groups is 1. The van der Waals surface area contributed by atoms with Crippen LogP contribution in [-0.2, 0) is 13.0 Å². The SMILES string of the molecule is CCc1cccc(-n2nn[nH]c2=O)c1COc1ccc(O)cc1Cl. The molecule has 124 valence electrons. The predicted octanol–water partition coefficient (Wildman–Crippen LogP) is 2.46. The maximum Gasteiger partial charge on any atom is 0.365 e. The van der Waals surface area contributed by atoms with Crippen LogP contribution in [0.4, 0.5) is 0 Å². The fourth-order valence-electron chi connectivity index (χ4n) is 2.43. The number of halogens is 1. The van der Waals surface area contributed by atoms with Crippen LogP contribution in [0.1, 0.15) is 18.1 Å². The third-order valence-electron chi connectivity index (χ3n) is 3.62.